The minimum atomic E-state index is -4.50. The van der Waals surface area contributed by atoms with Gasteiger partial charge in [0.05, 0.1) is 28.7 Å². The molecule has 46 heavy (non-hydrogen) atoms. The first-order chi connectivity index (χ1) is 22.2. The maximum absolute atomic E-state index is 13.7. The van der Waals surface area contributed by atoms with Crippen LogP contribution in [0.2, 0.25) is 0 Å². The van der Waals surface area contributed by atoms with Gasteiger partial charge in [0.1, 0.15) is 18.2 Å². The van der Waals surface area contributed by atoms with Gasteiger partial charge in [0.2, 0.25) is 0 Å². The first-order valence-electron chi connectivity index (χ1n) is 14.5. The molecule has 0 aliphatic heterocycles. The van der Waals surface area contributed by atoms with Gasteiger partial charge in [-0.25, -0.2) is 9.97 Å². The van der Waals surface area contributed by atoms with E-state index >= 15 is 0 Å². The Morgan fingerprint density at radius 2 is 1.41 bits per heavy atom. The van der Waals surface area contributed by atoms with Gasteiger partial charge >= 0.3 is 6.18 Å². The summed E-state index contributed by atoms with van der Waals surface area (Å²) >= 11 is 0. The lowest BCUT2D eigenvalue weighted by Crippen LogP contribution is -2.26. The number of ketones is 1. The van der Waals surface area contributed by atoms with Gasteiger partial charge in [0, 0.05) is 24.7 Å². The van der Waals surface area contributed by atoms with Crippen molar-refractivity contribution in [1.29, 1.82) is 10.5 Å². The highest BCUT2D eigenvalue weighted by atomic mass is 19.4. The van der Waals surface area contributed by atoms with Crippen molar-refractivity contribution >= 4 is 27.3 Å². The van der Waals surface area contributed by atoms with E-state index in [0.29, 0.717) is 16.7 Å². The smallest absolute Gasteiger partial charge is 0.299 e. The van der Waals surface area contributed by atoms with Crippen LogP contribution in [0.25, 0.3) is 21.5 Å². The number of nitrogens with zero attached hydrogens (tertiary/aromatic N) is 4. The van der Waals surface area contributed by atoms with Gasteiger partial charge < -0.3 is 0 Å². The Morgan fingerprint density at radius 3 is 2.07 bits per heavy atom. The third kappa shape index (κ3) is 5.69. The normalized spacial score (nSPS) is 15.7. The van der Waals surface area contributed by atoms with Crippen LogP contribution in [-0.2, 0) is 11.0 Å². The number of hydrogen-bond donors (Lipinski definition) is 0. The van der Waals surface area contributed by atoms with Crippen LogP contribution in [0, 0.1) is 29.6 Å². The summed E-state index contributed by atoms with van der Waals surface area (Å²) in [4.78, 5) is 21.0. The molecule has 0 saturated carbocycles. The summed E-state index contributed by atoms with van der Waals surface area (Å²) in [5, 5.41) is 21.7. The van der Waals surface area contributed by atoms with Crippen molar-refractivity contribution in [2.45, 2.75) is 31.4 Å². The van der Waals surface area contributed by atoms with Gasteiger partial charge in [0.15, 0.2) is 0 Å². The summed E-state index contributed by atoms with van der Waals surface area (Å²) in [5.41, 5.74) is 4.29. The van der Waals surface area contributed by atoms with E-state index < -0.39 is 17.7 Å². The SMILES string of the molecule is Cc1cc2c3c(ccc2c2ccccc12)C(c1cccc(C(F)(F)F)c1)C(=O)CC3c1ccc(C#N)cc1.N#Cc1cncnc1. The van der Waals surface area contributed by atoms with Crippen LogP contribution in [0.1, 0.15) is 62.8 Å². The number of Topliss-reactive ketones (excluding diaryl/α,β-unsaturated/α-hetero) is 1. The molecule has 8 heteroatoms. The van der Waals surface area contributed by atoms with Crippen molar-refractivity contribution < 1.29 is 18.0 Å². The summed E-state index contributed by atoms with van der Waals surface area (Å²) < 4.78 is 40.7. The summed E-state index contributed by atoms with van der Waals surface area (Å²) in [5.74, 6) is -1.20. The molecule has 0 saturated heterocycles. The Labute approximate surface area is 263 Å². The van der Waals surface area contributed by atoms with Crippen molar-refractivity contribution in [3.05, 3.63) is 154 Å². The van der Waals surface area contributed by atoms with Crippen molar-refractivity contribution in [1.82, 2.24) is 9.97 Å². The summed E-state index contributed by atoms with van der Waals surface area (Å²) in [6.45, 7) is 2.05. The number of hydrogen-bond acceptors (Lipinski definition) is 5. The number of fused-ring (bicyclic) bond motifs is 5. The van der Waals surface area contributed by atoms with Gasteiger partial charge in [0.25, 0.3) is 0 Å². The maximum atomic E-state index is 13.7. The van der Waals surface area contributed by atoms with Crippen LogP contribution in [0.3, 0.4) is 0 Å². The van der Waals surface area contributed by atoms with Crippen molar-refractivity contribution in [2.75, 3.05) is 0 Å². The fraction of sp³-hybridized carbons (Fsp3) is 0.132. The van der Waals surface area contributed by atoms with Gasteiger partial charge in [-0.3, -0.25) is 4.79 Å². The zero-order valence-electron chi connectivity index (χ0n) is 24.6. The third-order valence-electron chi connectivity index (χ3n) is 8.39. The number of halogens is 3. The Hall–Kier alpha value is -5.86. The zero-order chi connectivity index (χ0) is 32.4. The van der Waals surface area contributed by atoms with Gasteiger partial charge in [-0.15, -0.1) is 0 Å². The molecular formula is C38H25F3N4O. The molecule has 1 aromatic heterocycles. The number of carbonyl (C=O) groups excluding carboxylic acids is 1. The van der Waals surface area contributed by atoms with Crippen LogP contribution >= 0.6 is 0 Å². The highest BCUT2D eigenvalue weighted by molar-refractivity contribution is 6.11. The molecule has 0 fully saturated rings. The van der Waals surface area contributed by atoms with E-state index in [4.69, 9.17) is 5.26 Å². The molecule has 5 aromatic carbocycles. The highest BCUT2D eigenvalue weighted by Gasteiger charge is 2.38. The van der Waals surface area contributed by atoms with Gasteiger partial charge in [-0.05, 0) is 74.5 Å². The maximum Gasteiger partial charge on any atom is 0.416 e. The molecule has 1 aliphatic carbocycles. The number of alkyl halides is 3. The van der Waals surface area contributed by atoms with E-state index in [0.717, 1.165) is 55.9 Å². The minimum absolute atomic E-state index is 0.122. The van der Waals surface area contributed by atoms with E-state index in [2.05, 4.69) is 41.2 Å². The molecular weight excluding hydrogens is 585 g/mol. The molecule has 0 amide bonds. The number of rotatable bonds is 2. The second-order valence-electron chi connectivity index (χ2n) is 11.2. The summed E-state index contributed by atoms with van der Waals surface area (Å²) in [6.07, 6.45) is -0.0212. The number of carbonyl (C=O) groups is 1. The van der Waals surface area contributed by atoms with Crippen molar-refractivity contribution in [3.8, 4) is 12.1 Å². The summed E-state index contributed by atoms with van der Waals surface area (Å²) in [7, 11) is 0. The fourth-order valence-corrected chi connectivity index (χ4v) is 6.33. The largest absolute Gasteiger partial charge is 0.416 e. The quantitative estimate of drug-likeness (QED) is 0.183. The predicted molar refractivity (Wildman–Crippen MR) is 169 cm³/mol. The van der Waals surface area contributed by atoms with E-state index in [1.54, 1.807) is 18.2 Å². The van der Waals surface area contributed by atoms with E-state index in [-0.39, 0.29) is 18.1 Å². The molecule has 7 rings (SSSR count). The van der Waals surface area contributed by atoms with Crippen LogP contribution in [0.15, 0.2) is 110 Å². The molecule has 0 N–H and O–H groups in total. The molecule has 0 radical (unpaired) electrons. The van der Waals surface area contributed by atoms with E-state index in [1.165, 1.54) is 24.8 Å². The Kier molecular flexibility index (Phi) is 8.04. The second-order valence-corrected chi connectivity index (χ2v) is 11.2. The topological polar surface area (TPSA) is 90.4 Å². The van der Waals surface area contributed by atoms with Crippen molar-refractivity contribution in [2.24, 2.45) is 0 Å². The molecule has 0 spiro atoms. The van der Waals surface area contributed by atoms with Gasteiger partial charge in [-0.2, -0.15) is 23.7 Å². The number of nitriles is 2. The molecule has 224 valence electrons. The first kappa shape index (κ1) is 30.2. The second kappa shape index (κ2) is 12.3. The Bertz CT molecular complexity index is 2180. The van der Waals surface area contributed by atoms with E-state index in [1.807, 2.05) is 42.5 Å². The van der Waals surface area contributed by atoms with Crippen LogP contribution in [0.5, 0.6) is 0 Å². The molecule has 5 nitrogen and oxygen atoms in total. The van der Waals surface area contributed by atoms with Gasteiger partial charge in [-0.1, -0.05) is 72.8 Å². The molecule has 6 aromatic rings. The Balaban J connectivity index is 0.000000407. The van der Waals surface area contributed by atoms with Crippen LogP contribution in [0.4, 0.5) is 13.2 Å². The summed E-state index contributed by atoms with van der Waals surface area (Å²) in [6, 6.07) is 30.6. The molecule has 2 atom stereocenters. The molecule has 2 unspecified atom stereocenters. The third-order valence-corrected chi connectivity index (χ3v) is 8.39. The molecule has 1 aliphatic rings. The van der Waals surface area contributed by atoms with Crippen LogP contribution in [-0.4, -0.2) is 15.8 Å². The number of aromatic nitrogens is 2. The lowest BCUT2D eigenvalue weighted by Gasteiger charge is -2.33. The Morgan fingerprint density at radius 1 is 0.739 bits per heavy atom. The van der Waals surface area contributed by atoms with E-state index in [9.17, 15) is 23.2 Å². The molecule has 0 bridgehead atoms. The zero-order valence-corrected chi connectivity index (χ0v) is 24.6. The average Bonchev–Trinajstić information content (AvgIpc) is 3.08. The highest BCUT2D eigenvalue weighted by Crippen LogP contribution is 2.48. The molecule has 1 heterocycles. The lowest BCUT2D eigenvalue weighted by atomic mass is 9.69. The average molecular weight is 611 g/mol. The van der Waals surface area contributed by atoms with Crippen molar-refractivity contribution in [3.63, 3.8) is 0 Å². The standard InChI is InChI=1S/C33H22F3NO.C5H3N3/c1-19-15-29-26(25-8-3-2-7-24(19)25)13-14-27-31(22-5-4-6-23(16-22)33(34,35)36)30(38)17-28(32(27)29)21-11-9-20(18-37)10-12-21;6-1-5-2-7-4-8-3-5/h2-16,28,31H,17H2,1H3;2-4H. The monoisotopic (exact) mass is 610 g/mol. The minimum Gasteiger partial charge on any atom is -0.299 e. The lowest BCUT2D eigenvalue weighted by molar-refractivity contribution is -0.137. The predicted octanol–water partition coefficient (Wildman–Crippen LogP) is 8.78. The van der Waals surface area contributed by atoms with Crippen LogP contribution < -0.4 is 0 Å². The number of aryl methyl sites for hydroxylation is 1. The number of benzene rings is 5. The fourth-order valence-electron chi connectivity index (χ4n) is 6.33. The first-order valence-corrected chi connectivity index (χ1v) is 14.5.